The van der Waals surface area contributed by atoms with Crippen molar-refractivity contribution in [2.24, 2.45) is 0 Å². The molecule has 21 heavy (non-hydrogen) atoms. The van der Waals surface area contributed by atoms with E-state index in [4.69, 9.17) is 4.42 Å². The molecule has 0 radical (unpaired) electrons. The van der Waals surface area contributed by atoms with Gasteiger partial charge in [0.25, 0.3) is 0 Å². The molecular weight excluding hydrogens is 258 g/mol. The highest BCUT2D eigenvalue weighted by Gasteiger charge is 2.22. The number of nitrogens with one attached hydrogen (secondary N) is 1. The number of aryl methyl sites for hydroxylation is 2. The fourth-order valence-electron chi connectivity index (χ4n) is 3.28. The summed E-state index contributed by atoms with van der Waals surface area (Å²) in [5, 5.41) is 3.61. The zero-order valence-corrected chi connectivity index (χ0v) is 13.3. The minimum absolute atomic E-state index is 0.229. The highest BCUT2D eigenvalue weighted by molar-refractivity contribution is 5.37. The lowest BCUT2D eigenvalue weighted by molar-refractivity contribution is 0.419. The zero-order valence-electron chi connectivity index (χ0n) is 13.3. The van der Waals surface area contributed by atoms with E-state index in [0.717, 1.165) is 24.0 Å². The molecule has 0 amide bonds. The topological polar surface area (TPSA) is 25.2 Å². The van der Waals surface area contributed by atoms with Crippen LogP contribution in [0.1, 0.15) is 66.4 Å². The third-order valence-electron chi connectivity index (χ3n) is 4.62. The Morgan fingerprint density at radius 1 is 1.24 bits per heavy atom. The summed E-state index contributed by atoms with van der Waals surface area (Å²) >= 11 is 0. The van der Waals surface area contributed by atoms with Crippen LogP contribution in [0.3, 0.4) is 0 Å². The standard InChI is InChI=1S/C19H25NO/c1-4-20-19(18-11-13(2)21-14(18)3)17-10-6-9-16(12-17)15-7-5-8-15/h6,9-12,15,19-20H,4-5,7-8H2,1-3H3. The molecule has 0 saturated heterocycles. The van der Waals surface area contributed by atoms with Crippen LogP contribution in [-0.2, 0) is 0 Å². The Balaban J connectivity index is 1.95. The molecule has 1 aromatic carbocycles. The van der Waals surface area contributed by atoms with E-state index in [0.29, 0.717) is 0 Å². The van der Waals surface area contributed by atoms with Gasteiger partial charge < -0.3 is 9.73 Å². The molecule has 1 atom stereocenters. The summed E-state index contributed by atoms with van der Waals surface area (Å²) in [7, 11) is 0. The van der Waals surface area contributed by atoms with Crippen LogP contribution < -0.4 is 5.32 Å². The van der Waals surface area contributed by atoms with Gasteiger partial charge in [0.1, 0.15) is 11.5 Å². The van der Waals surface area contributed by atoms with Crippen LogP contribution in [-0.4, -0.2) is 6.54 Å². The van der Waals surface area contributed by atoms with Crippen LogP contribution in [0.5, 0.6) is 0 Å². The van der Waals surface area contributed by atoms with Crippen LogP contribution in [0.25, 0.3) is 0 Å². The summed E-state index contributed by atoms with van der Waals surface area (Å²) in [4.78, 5) is 0. The Labute approximate surface area is 127 Å². The molecule has 1 aromatic heterocycles. The minimum atomic E-state index is 0.229. The second-order valence-corrected chi connectivity index (χ2v) is 6.16. The normalized spacial score (nSPS) is 16.7. The fraction of sp³-hybridized carbons (Fsp3) is 0.474. The van der Waals surface area contributed by atoms with Crippen molar-refractivity contribution in [1.29, 1.82) is 0 Å². The molecule has 3 rings (SSSR count). The van der Waals surface area contributed by atoms with E-state index in [1.165, 1.54) is 36.0 Å². The summed E-state index contributed by atoms with van der Waals surface area (Å²) < 4.78 is 5.73. The first kappa shape index (κ1) is 14.4. The second-order valence-electron chi connectivity index (χ2n) is 6.16. The molecular formula is C19H25NO. The van der Waals surface area contributed by atoms with Gasteiger partial charge in [-0.15, -0.1) is 0 Å². The maximum atomic E-state index is 5.73. The first-order valence-corrected chi connectivity index (χ1v) is 8.09. The summed E-state index contributed by atoms with van der Waals surface area (Å²) in [6, 6.07) is 11.5. The lowest BCUT2D eigenvalue weighted by atomic mass is 9.79. The maximum absolute atomic E-state index is 5.73. The smallest absolute Gasteiger partial charge is 0.106 e. The third kappa shape index (κ3) is 2.91. The number of benzene rings is 1. The van der Waals surface area contributed by atoms with Gasteiger partial charge in [-0.2, -0.15) is 0 Å². The maximum Gasteiger partial charge on any atom is 0.106 e. The van der Waals surface area contributed by atoms with Crippen molar-refractivity contribution in [3.63, 3.8) is 0 Å². The zero-order chi connectivity index (χ0) is 14.8. The van der Waals surface area contributed by atoms with Crippen molar-refractivity contribution in [1.82, 2.24) is 5.32 Å². The van der Waals surface area contributed by atoms with Crippen LogP contribution in [0.2, 0.25) is 0 Å². The van der Waals surface area contributed by atoms with E-state index >= 15 is 0 Å². The molecule has 1 fully saturated rings. The van der Waals surface area contributed by atoms with E-state index in [-0.39, 0.29) is 6.04 Å². The quantitative estimate of drug-likeness (QED) is 0.847. The van der Waals surface area contributed by atoms with Gasteiger partial charge in [0.15, 0.2) is 0 Å². The van der Waals surface area contributed by atoms with Gasteiger partial charge in [-0.05, 0) is 56.3 Å². The fourth-order valence-corrected chi connectivity index (χ4v) is 3.28. The summed E-state index contributed by atoms with van der Waals surface area (Å²) in [6.45, 7) is 7.18. The van der Waals surface area contributed by atoms with Gasteiger partial charge in [0, 0.05) is 5.56 Å². The van der Waals surface area contributed by atoms with Crippen molar-refractivity contribution in [3.8, 4) is 0 Å². The number of furan rings is 1. The van der Waals surface area contributed by atoms with E-state index < -0.39 is 0 Å². The molecule has 0 aliphatic heterocycles. The van der Waals surface area contributed by atoms with Gasteiger partial charge in [-0.1, -0.05) is 37.6 Å². The van der Waals surface area contributed by atoms with E-state index in [1.807, 2.05) is 6.92 Å². The van der Waals surface area contributed by atoms with Crippen LogP contribution in [0.4, 0.5) is 0 Å². The largest absolute Gasteiger partial charge is 0.466 e. The molecule has 1 saturated carbocycles. The van der Waals surface area contributed by atoms with Crippen molar-refractivity contribution in [2.75, 3.05) is 6.54 Å². The minimum Gasteiger partial charge on any atom is -0.466 e. The van der Waals surface area contributed by atoms with Crippen molar-refractivity contribution < 1.29 is 4.42 Å². The van der Waals surface area contributed by atoms with Gasteiger partial charge in [0.2, 0.25) is 0 Å². The highest BCUT2D eigenvalue weighted by atomic mass is 16.3. The van der Waals surface area contributed by atoms with Gasteiger partial charge >= 0.3 is 0 Å². The van der Waals surface area contributed by atoms with Gasteiger partial charge in [-0.25, -0.2) is 0 Å². The van der Waals surface area contributed by atoms with Crippen LogP contribution >= 0.6 is 0 Å². The molecule has 0 bridgehead atoms. The average molecular weight is 283 g/mol. The van der Waals surface area contributed by atoms with E-state index in [2.05, 4.69) is 49.5 Å². The van der Waals surface area contributed by atoms with Crippen LogP contribution in [0.15, 0.2) is 34.7 Å². The molecule has 112 valence electrons. The Hall–Kier alpha value is -1.54. The first-order valence-electron chi connectivity index (χ1n) is 8.09. The summed E-state index contributed by atoms with van der Waals surface area (Å²) in [5.74, 6) is 2.78. The molecule has 1 heterocycles. The first-order chi connectivity index (χ1) is 10.2. The highest BCUT2D eigenvalue weighted by Crippen LogP contribution is 2.37. The van der Waals surface area contributed by atoms with E-state index in [1.54, 1.807) is 0 Å². The molecule has 1 unspecified atom stereocenters. The van der Waals surface area contributed by atoms with Gasteiger partial charge in [0.05, 0.1) is 6.04 Å². The predicted molar refractivity (Wildman–Crippen MR) is 86.7 cm³/mol. The third-order valence-corrected chi connectivity index (χ3v) is 4.62. The molecule has 2 nitrogen and oxygen atoms in total. The Kier molecular flexibility index (Phi) is 4.16. The number of hydrogen-bond acceptors (Lipinski definition) is 2. The van der Waals surface area contributed by atoms with Crippen LogP contribution in [0, 0.1) is 13.8 Å². The lowest BCUT2D eigenvalue weighted by Crippen LogP contribution is -2.22. The van der Waals surface area contributed by atoms with Crippen molar-refractivity contribution in [2.45, 2.75) is 52.0 Å². The molecule has 0 spiro atoms. The molecule has 1 aliphatic rings. The average Bonchev–Trinajstić information content (AvgIpc) is 2.73. The van der Waals surface area contributed by atoms with Gasteiger partial charge in [-0.3, -0.25) is 0 Å². The molecule has 1 aliphatic carbocycles. The molecule has 2 heteroatoms. The molecule has 1 N–H and O–H groups in total. The van der Waals surface area contributed by atoms with Crippen molar-refractivity contribution >= 4 is 0 Å². The number of rotatable bonds is 5. The Morgan fingerprint density at radius 3 is 2.62 bits per heavy atom. The predicted octanol–water partition coefficient (Wildman–Crippen LogP) is 4.86. The summed E-state index contributed by atoms with van der Waals surface area (Å²) in [6.07, 6.45) is 4.07. The SMILES string of the molecule is CCNC(c1cccc(C2CCC2)c1)c1cc(C)oc1C. The van der Waals surface area contributed by atoms with E-state index in [9.17, 15) is 0 Å². The second kappa shape index (κ2) is 6.07. The lowest BCUT2D eigenvalue weighted by Gasteiger charge is -2.27. The number of hydrogen-bond donors (Lipinski definition) is 1. The summed E-state index contributed by atoms with van der Waals surface area (Å²) in [5.41, 5.74) is 4.12. The van der Waals surface area contributed by atoms with Crippen molar-refractivity contribution in [3.05, 3.63) is 58.5 Å². The monoisotopic (exact) mass is 283 g/mol. The Bertz CT molecular complexity index is 610. The molecule has 2 aromatic rings. The Morgan fingerprint density at radius 2 is 2.05 bits per heavy atom.